The molecule has 2 N–H and O–H groups in total. The normalized spacial score (nSPS) is 14.6. The lowest BCUT2D eigenvalue weighted by atomic mass is 10.2. The highest BCUT2D eigenvalue weighted by atomic mass is 35.5. The van der Waals surface area contributed by atoms with Crippen molar-refractivity contribution in [3.8, 4) is 5.75 Å². The Morgan fingerprint density at radius 1 is 1.19 bits per heavy atom. The first-order valence-electron chi connectivity index (χ1n) is 9.61. The number of rotatable bonds is 7. The molecule has 32 heavy (non-hydrogen) atoms. The molecule has 0 saturated carbocycles. The molecule has 0 atom stereocenters. The first kappa shape index (κ1) is 23.8. The fourth-order valence-electron chi connectivity index (χ4n) is 2.84. The lowest BCUT2D eigenvalue weighted by Crippen LogP contribution is -2.41. The Balaban J connectivity index is 1.47. The number of hydrogen-bond donors (Lipinski definition) is 2. The van der Waals surface area contributed by atoms with Gasteiger partial charge in [-0.25, -0.2) is 0 Å². The SMILES string of the molecule is COc1cccc(/C=C2/SC(=S)N(CCCC(=O)NNC(=O)c3ccc(Cl)cc3)C2=O)c1. The number of carbonyl (C=O) groups is 3. The number of hydrogen-bond acceptors (Lipinski definition) is 6. The van der Waals surface area contributed by atoms with E-state index in [2.05, 4.69) is 10.9 Å². The fraction of sp³-hybridized carbons (Fsp3) is 0.182. The molecule has 7 nitrogen and oxygen atoms in total. The highest BCUT2D eigenvalue weighted by molar-refractivity contribution is 8.26. The Morgan fingerprint density at radius 2 is 1.94 bits per heavy atom. The van der Waals surface area contributed by atoms with Crippen molar-refractivity contribution in [3.63, 3.8) is 0 Å². The van der Waals surface area contributed by atoms with Gasteiger partial charge in [-0.1, -0.05) is 47.7 Å². The second-order valence-electron chi connectivity index (χ2n) is 6.72. The van der Waals surface area contributed by atoms with Crippen LogP contribution in [0.4, 0.5) is 0 Å². The minimum Gasteiger partial charge on any atom is -0.497 e. The van der Waals surface area contributed by atoms with E-state index in [1.165, 1.54) is 16.7 Å². The van der Waals surface area contributed by atoms with Gasteiger partial charge in [0, 0.05) is 23.6 Å². The van der Waals surface area contributed by atoms with Crippen LogP contribution in [-0.2, 0) is 9.59 Å². The number of thiocarbonyl (C=S) groups is 1. The van der Waals surface area contributed by atoms with Crippen molar-refractivity contribution < 1.29 is 19.1 Å². The zero-order chi connectivity index (χ0) is 23.1. The van der Waals surface area contributed by atoms with Crippen molar-refractivity contribution in [2.75, 3.05) is 13.7 Å². The number of thioether (sulfide) groups is 1. The molecular formula is C22H20ClN3O4S2. The lowest BCUT2D eigenvalue weighted by Gasteiger charge is -2.14. The minimum absolute atomic E-state index is 0.118. The van der Waals surface area contributed by atoms with Crippen LogP contribution in [0.15, 0.2) is 53.4 Å². The number of nitrogens with one attached hydrogen (secondary N) is 2. The van der Waals surface area contributed by atoms with Gasteiger partial charge in [-0.15, -0.1) is 0 Å². The standard InChI is InChI=1S/C22H20ClN3O4S2/c1-30-17-5-2-4-14(12-17)13-18-21(29)26(22(31)32-18)11-3-6-19(27)24-25-20(28)15-7-9-16(23)10-8-15/h2,4-5,7-10,12-13H,3,6,11H2,1H3,(H,24,27)(H,25,28)/b18-13+. The van der Waals surface area contributed by atoms with Crippen LogP contribution in [0.3, 0.4) is 0 Å². The highest BCUT2D eigenvalue weighted by Crippen LogP contribution is 2.33. The summed E-state index contributed by atoms with van der Waals surface area (Å²) in [6.45, 7) is 0.304. The zero-order valence-electron chi connectivity index (χ0n) is 17.1. The summed E-state index contributed by atoms with van der Waals surface area (Å²) < 4.78 is 5.65. The van der Waals surface area contributed by atoms with Crippen LogP contribution < -0.4 is 15.6 Å². The van der Waals surface area contributed by atoms with Crippen LogP contribution in [0.1, 0.15) is 28.8 Å². The van der Waals surface area contributed by atoms with Crippen molar-refractivity contribution in [1.29, 1.82) is 0 Å². The number of hydrazine groups is 1. The quantitative estimate of drug-likeness (QED) is 0.349. The van der Waals surface area contributed by atoms with Crippen LogP contribution in [0, 0.1) is 0 Å². The predicted octanol–water partition coefficient (Wildman–Crippen LogP) is 3.79. The summed E-state index contributed by atoms with van der Waals surface area (Å²) in [5.41, 5.74) is 5.91. The van der Waals surface area contributed by atoms with Gasteiger partial charge in [0.15, 0.2) is 0 Å². The van der Waals surface area contributed by atoms with E-state index < -0.39 is 5.91 Å². The molecular weight excluding hydrogens is 470 g/mol. The number of ether oxygens (including phenoxy) is 1. The van der Waals surface area contributed by atoms with E-state index in [0.29, 0.717) is 38.5 Å². The van der Waals surface area contributed by atoms with E-state index in [1.807, 2.05) is 24.3 Å². The Labute approximate surface area is 200 Å². The molecule has 0 radical (unpaired) electrons. The minimum atomic E-state index is -0.449. The summed E-state index contributed by atoms with van der Waals surface area (Å²) in [4.78, 5) is 38.7. The fourth-order valence-corrected chi connectivity index (χ4v) is 4.27. The number of halogens is 1. The van der Waals surface area contributed by atoms with Gasteiger partial charge in [-0.3, -0.25) is 30.1 Å². The molecule has 1 aliphatic rings. The van der Waals surface area contributed by atoms with Crippen LogP contribution >= 0.6 is 35.6 Å². The second-order valence-corrected chi connectivity index (χ2v) is 8.83. The zero-order valence-corrected chi connectivity index (χ0v) is 19.5. The van der Waals surface area contributed by atoms with E-state index in [9.17, 15) is 14.4 Å². The highest BCUT2D eigenvalue weighted by Gasteiger charge is 2.31. The summed E-state index contributed by atoms with van der Waals surface area (Å²) in [6, 6.07) is 13.6. The van der Waals surface area contributed by atoms with E-state index in [1.54, 1.807) is 37.5 Å². The average Bonchev–Trinajstić information content (AvgIpc) is 3.05. The molecule has 166 valence electrons. The third-order valence-electron chi connectivity index (χ3n) is 4.47. The predicted molar refractivity (Wildman–Crippen MR) is 129 cm³/mol. The van der Waals surface area contributed by atoms with E-state index in [4.69, 9.17) is 28.6 Å². The van der Waals surface area contributed by atoms with Crippen LogP contribution in [0.5, 0.6) is 5.75 Å². The molecule has 0 unspecified atom stereocenters. The van der Waals surface area contributed by atoms with E-state index >= 15 is 0 Å². The third-order valence-corrected chi connectivity index (χ3v) is 6.10. The van der Waals surface area contributed by atoms with Gasteiger partial charge in [-0.2, -0.15) is 0 Å². The molecule has 0 spiro atoms. The first-order valence-corrected chi connectivity index (χ1v) is 11.2. The third kappa shape index (κ3) is 6.32. The van der Waals surface area contributed by atoms with Crippen LogP contribution in [0.25, 0.3) is 6.08 Å². The monoisotopic (exact) mass is 489 g/mol. The van der Waals surface area contributed by atoms with E-state index in [0.717, 1.165) is 5.56 Å². The van der Waals surface area contributed by atoms with Gasteiger partial charge in [0.05, 0.1) is 12.0 Å². The second kappa shape index (κ2) is 11.1. The van der Waals surface area contributed by atoms with Gasteiger partial charge in [0.25, 0.3) is 11.8 Å². The molecule has 1 saturated heterocycles. The summed E-state index contributed by atoms with van der Waals surface area (Å²) in [5.74, 6) is -0.318. The number of amides is 3. The maximum Gasteiger partial charge on any atom is 0.269 e. The van der Waals surface area contributed by atoms with E-state index in [-0.39, 0.29) is 18.2 Å². The maximum atomic E-state index is 12.7. The molecule has 0 aromatic heterocycles. The largest absolute Gasteiger partial charge is 0.497 e. The smallest absolute Gasteiger partial charge is 0.269 e. The first-order chi connectivity index (χ1) is 15.4. The van der Waals surface area contributed by atoms with Gasteiger partial charge >= 0.3 is 0 Å². The number of benzene rings is 2. The van der Waals surface area contributed by atoms with Crippen molar-refractivity contribution >= 4 is 63.7 Å². The van der Waals surface area contributed by atoms with Gasteiger partial charge in [-0.05, 0) is 54.5 Å². The summed E-state index contributed by atoms with van der Waals surface area (Å²) in [5, 5.41) is 0.514. The van der Waals surface area contributed by atoms with Crippen molar-refractivity contribution in [2.24, 2.45) is 0 Å². The molecule has 2 aromatic rings. The number of methoxy groups -OCH3 is 1. The Hall–Kier alpha value is -2.88. The Kier molecular flexibility index (Phi) is 8.26. The van der Waals surface area contributed by atoms with Crippen molar-refractivity contribution in [2.45, 2.75) is 12.8 Å². The lowest BCUT2D eigenvalue weighted by molar-refractivity contribution is -0.124. The van der Waals surface area contributed by atoms with Gasteiger partial charge < -0.3 is 4.74 Å². The molecule has 2 aromatic carbocycles. The summed E-state index contributed by atoms with van der Waals surface area (Å²) >= 11 is 12.3. The summed E-state index contributed by atoms with van der Waals surface area (Å²) in [6.07, 6.45) is 2.27. The molecule has 1 heterocycles. The molecule has 0 bridgehead atoms. The molecule has 10 heteroatoms. The van der Waals surface area contributed by atoms with Crippen molar-refractivity contribution in [3.05, 3.63) is 69.6 Å². The van der Waals surface area contributed by atoms with Crippen LogP contribution in [0.2, 0.25) is 5.02 Å². The Morgan fingerprint density at radius 3 is 2.66 bits per heavy atom. The molecule has 1 fully saturated rings. The maximum absolute atomic E-state index is 12.7. The van der Waals surface area contributed by atoms with Gasteiger partial charge in [0.2, 0.25) is 5.91 Å². The average molecular weight is 490 g/mol. The topological polar surface area (TPSA) is 87.7 Å². The molecule has 1 aliphatic heterocycles. The Bertz CT molecular complexity index is 1070. The van der Waals surface area contributed by atoms with Crippen LogP contribution in [-0.4, -0.2) is 40.6 Å². The van der Waals surface area contributed by atoms with Crippen molar-refractivity contribution in [1.82, 2.24) is 15.8 Å². The number of carbonyl (C=O) groups excluding carboxylic acids is 3. The molecule has 0 aliphatic carbocycles. The molecule has 3 amide bonds. The summed E-state index contributed by atoms with van der Waals surface area (Å²) in [7, 11) is 1.58. The molecule has 3 rings (SSSR count). The number of nitrogens with zero attached hydrogens (tertiary/aromatic N) is 1. The van der Waals surface area contributed by atoms with Gasteiger partial charge in [0.1, 0.15) is 10.1 Å².